The lowest BCUT2D eigenvalue weighted by Crippen LogP contribution is -2.23. The summed E-state index contributed by atoms with van der Waals surface area (Å²) in [6.45, 7) is 1.77. The number of anilines is 1. The van der Waals surface area contributed by atoms with Gasteiger partial charge < -0.3 is 5.32 Å². The first-order chi connectivity index (χ1) is 14.9. The number of aromatic nitrogens is 2. The van der Waals surface area contributed by atoms with Crippen LogP contribution in [0.3, 0.4) is 0 Å². The Labute approximate surface area is 186 Å². The highest BCUT2D eigenvalue weighted by atomic mass is 35.5. The standard InChI is InChI=1S/C23H17ClFN3O2S/c1-14-10-11-19(17(25)12-14)26-21(29)13-31-23-27-18-8-4-2-6-15(18)22(30)28(23)20-9-5-3-7-16(20)24/h2-12H,13H2,1H3,(H,26,29). The third-order valence-corrected chi connectivity index (χ3v) is 5.83. The summed E-state index contributed by atoms with van der Waals surface area (Å²) in [4.78, 5) is 30.2. The van der Waals surface area contributed by atoms with Crippen molar-refractivity contribution in [2.75, 3.05) is 11.1 Å². The van der Waals surface area contributed by atoms with E-state index < -0.39 is 11.7 Å². The highest BCUT2D eigenvalue weighted by molar-refractivity contribution is 7.99. The van der Waals surface area contributed by atoms with E-state index in [0.29, 0.717) is 26.8 Å². The Kier molecular flexibility index (Phi) is 6.06. The molecule has 4 rings (SSSR count). The van der Waals surface area contributed by atoms with E-state index in [2.05, 4.69) is 10.3 Å². The fourth-order valence-corrected chi connectivity index (χ4v) is 4.12. The molecule has 31 heavy (non-hydrogen) atoms. The molecule has 0 aliphatic heterocycles. The van der Waals surface area contributed by atoms with Gasteiger partial charge in [-0.2, -0.15) is 0 Å². The second-order valence-corrected chi connectivity index (χ2v) is 8.17. The number of rotatable bonds is 5. The zero-order chi connectivity index (χ0) is 22.0. The third kappa shape index (κ3) is 4.47. The minimum atomic E-state index is -0.504. The zero-order valence-corrected chi connectivity index (χ0v) is 18.0. The lowest BCUT2D eigenvalue weighted by molar-refractivity contribution is -0.113. The molecule has 0 aliphatic rings. The molecule has 8 heteroatoms. The molecule has 0 unspecified atom stereocenters. The number of carbonyl (C=O) groups excluding carboxylic acids is 1. The predicted molar refractivity (Wildman–Crippen MR) is 123 cm³/mol. The van der Waals surface area contributed by atoms with Crippen molar-refractivity contribution in [2.45, 2.75) is 12.1 Å². The van der Waals surface area contributed by atoms with Gasteiger partial charge in [-0.25, -0.2) is 9.37 Å². The van der Waals surface area contributed by atoms with Crippen molar-refractivity contribution in [2.24, 2.45) is 0 Å². The van der Waals surface area contributed by atoms with Gasteiger partial charge >= 0.3 is 0 Å². The smallest absolute Gasteiger partial charge is 0.266 e. The van der Waals surface area contributed by atoms with E-state index in [4.69, 9.17) is 11.6 Å². The van der Waals surface area contributed by atoms with E-state index in [1.807, 2.05) is 0 Å². The summed E-state index contributed by atoms with van der Waals surface area (Å²) in [7, 11) is 0. The quantitative estimate of drug-likeness (QED) is 0.332. The van der Waals surface area contributed by atoms with Gasteiger partial charge in [-0.05, 0) is 48.9 Å². The van der Waals surface area contributed by atoms with Gasteiger partial charge in [0.15, 0.2) is 5.16 Å². The van der Waals surface area contributed by atoms with Gasteiger partial charge in [-0.15, -0.1) is 0 Å². The number of nitrogens with one attached hydrogen (secondary N) is 1. The first-order valence-electron chi connectivity index (χ1n) is 9.39. The van der Waals surface area contributed by atoms with Gasteiger partial charge in [0, 0.05) is 0 Å². The van der Waals surface area contributed by atoms with E-state index in [0.717, 1.165) is 17.3 Å². The summed E-state index contributed by atoms with van der Waals surface area (Å²) in [5.74, 6) is -0.987. The Bertz CT molecular complexity index is 1360. The molecule has 0 fully saturated rings. The number of nitrogens with zero attached hydrogens (tertiary/aromatic N) is 2. The number of aryl methyl sites for hydroxylation is 1. The Balaban J connectivity index is 1.68. The first-order valence-corrected chi connectivity index (χ1v) is 10.8. The Morgan fingerprint density at radius 2 is 1.87 bits per heavy atom. The largest absolute Gasteiger partial charge is 0.323 e. The average molecular weight is 454 g/mol. The van der Waals surface area contributed by atoms with Crippen LogP contribution in [0.4, 0.5) is 10.1 Å². The van der Waals surface area contributed by atoms with Gasteiger partial charge in [-0.1, -0.05) is 53.7 Å². The maximum absolute atomic E-state index is 14.0. The molecule has 0 aliphatic carbocycles. The molecule has 1 heterocycles. The Morgan fingerprint density at radius 3 is 2.65 bits per heavy atom. The van der Waals surface area contributed by atoms with Crippen LogP contribution in [0.25, 0.3) is 16.6 Å². The van der Waals surface area contributed by atoms with E-state index in [9.17, 15) is 14.0 Å². The summed E-state index contributed by atoms with van der Waals surface area (Å²) >= 11 is 7.41. The summed E-state index contributed by atoms with van der Waals surface area (Å²) < 4.78 is 15.4. The van der Waals surface area contributed by atoms with E-state index in [-0.39, 0.29) is 17.0 Å². The fraction of sp³-hybridized carbons (Fsp3) is 0.0870. The minimum Gasteiger partial charge on any atom is -0.323 e. The molecule has 0 atom stereocenters. The molecule has 1 N–H and O–H groups in total. The van der Waals surface area contributed by atoms with Crippen LogP contribution < -0.4 is 10.9 Å². The van der Waals surface area contributed by atoms with E-state index in [1.165, 1.54) is 16.7 Å². The molecule has 4 aromatic rings. The van der Waals surface area contributed by atoms with Gasteiger partial charge in [-0.3, -0.25) is 14.2 Å². The molecular weight excluding hydrogens is 437 g/mol. The van der Waals surface area contributed by atoms with Crippen molar-refractivity contribution in [3.05, 3.63) is 93.5 Å². The minimum absolute atomic E-state index is 0.0669. The molecule has 0 saturated carbocycles. The zero-order valence-electron chi connectivity index (χ0n) is 16.4. The van der Waals surface area contributed by atoms with Crippen LogP contribution in [-0.4, -0.2) is 21.2 Å². The molecule has 0 spiro atoms. The number of para-hydroxylation sites is 2. The molecule has 0 radical (unpaired) electrons. The molecule has 0 bridgehead atoms. The second-order valence-electron chi connectivity index (χ2n) is 6.82. The molecule has 1 aromatic heterocycles. The number of hydrogen-bond acceptors (Lipinski definition) is 4. The van der Waals surface area contributed by atoms with Crippen molar-refractivity contribution in [3.8, 4) is 5.69 Å². The van der Waals surface area contributed by atoms with E-state index >= 15 is 0 Å². The molecule has 5 nitrogen and oxygen atoms in total. The van der Waals surface area contributed by atoms with Crippen LogP contribution in [0, 0.1) is 12.7 Å². The highest BCUT2D eigenvalue weighted by Gasteiger charge is 2.17. The first kappa shape index (κ1) is 21.1. The summed E-state index contributed by atoms with van der Waals surface area (Å²) in [6, 6.07) is 18.5. The van der Waals surface area contributed by atoms with Crippen molar-refractivity contribution in [1.82, 2.24) is 9.55 Å². The Hall–Kier alpha value is -3.16. The second kappa shape index (κ2) is 8.91. The molecule has 0 saturated heterocycles. The highest BCUT2D eigenvalue weighted by Crippen LogP contribution is 2.26. The number of thioether (sulfide) groups is 1. The van der Waals surface area contributed by atoms with Gasteiger partial charge in [0.25, 0.3) is 5.56 Å². The van der Waals surface area contributed by atoms with Crippen LogP contribution in [0.1, 0.15) is 5.56 Å². The Morgan fingerprint density at radius 1 is 1.13 bits per heavy atom. The van der Waals surface area contributed by atoms with Crippen LogP contribution in [0.15, 0.2) is 76.7 Å². The van der Waals surface area contributed by atoms with Gasteiger partial charge in [0.2, 0.25) is 5.91 Å². The number of fused-ring (bicyclic) bond motifs is 1. The number of carbonyl (C=O) groups is 1. The van der Waals surface area contributed by atoms with Gasteiger partial charge in [0.1, 0.15) is 5.82 Å². The predicted octanol–water partition coefficient (Wildman–Crippen LogP) is 5.22. The SMILES string of the molecule is Cc1ccc(NC(=O)CSc2nc3ccccc3c(=O)n2-c2ccccc2Cl)c(F)c1. The topological polar surface area (TPSA) is 64.0 Å². The van der Waals surface area contributed by atoms with Crippen LogP contribution >= 0.6 is 23.4 Å². The maximum Gasteiger partial charge on any atom is 0.266 e. The number of halogens is 2. The molecule has 1 amide bonds. The normalized spacial score (nSPS) is 10.9. The monoisotopic (exact) mass is 453 g/mol. The summed E-state index contributed by atoms with van der Waals surface area (Å²) in [6.07, 6.45) is 0. The third-order valence-electron chi connectivity index (χ3n) is 4.57. The summed E-state index contributed by atoms with van der Waals surface area (Å²) in [5, 5.41) is 3.70. The maximum atomic E-state index is 14.0. The molecular formula is C23H17ClFN3O2S. The van der Waals surface area contributed by atoms with Crippen molar-refractivity contribution in [1.29, 1.82) is 0 Å². The molecule has 156 valence electrons. The van der Waals surface area contributed by atoms with Crippen molar-refractivity contribution in [3.63, 3.8) is 0 Å². The number of hydrogen-bond donors (Lipinski definition) is 1. The van der Waals surface area contributed by atoms with E-state index in [1.54, 1.807) is 61.5 Å². The number of benzene rings is 3. The van der Waals surface area contributed by atoms with Crippen LogP contribution in [0.2, 0.25) is 5.02 Å². The van der Waals surface area contributed by atoms with Crippen molar-refractivity contribution < 1.29 is 9.18 Å². The molecule has 3 aromatic carbocycles. The lowest BCUT2D eigenvalue weighted by atomic mass is 10.2. The van der Waals surface area contributed by atoms with Gasteiger partial charge in [0.05, 0.1) is 33.1 Å². The lowest BCUT2D eigenvalue weighted by Gasteiger charge is -2.14. The van der Waals surface area contributed by atoms with Crippen LogP contribution in [0.5, 0.6) is 0 Å². The van der Waals surface area contributed by atoms with Crippen molar-refractivity contribution >= 4 is 45.9 Å². The summed E-state index contributed by atoms with van der Waals surface area (Å²) in [5.41, 5.74) is 1.56. The number of amides is 1. The fourth-order valence-electron chi connectivity index (χ4n) is 3.09. The van der Waals surface area contributed by atoms with Crippen LogP contribution in [-0.2, 0) is 4.79 Å². The average Bonchev–Trinajstić information content (AvgIpc) is 2.75.